The van der Waals surface area contributed by atoms with Gasteiger partial charge in [-0.2, -0.15) is 0 Å². The number of aryl methyl sites for hydroxylation is 1. The number of hydrogen-bond donors (Lipinski definition) is 1. The lowest BCUT2D eigenvalue weighted by atomic mass is 10.0. The minimum Gasteiger partial charge on any atom is -0.491 e. The summed E-state index contributed by atoms with van der Waals surface area (Å²) in [5.41, 5.74) is 2.61. The quantitative estimate of drug-likeness (QED) is 0.415. The van der Waals surface area contributed by atoms with Crippen LogP contribution in [-0.2, 0) is 13.0 Å². The van der Waals surface area contributed by atoms with Crippen molar-refractivity contribution in [3.8, 4) is 17.0 Å². The zero-order valence-electron chi connectivity index (χ0n) is 20.4. The maximum atomic E-state index is 13.6. The van der Waals surface area contributed by atoms with E-state index in [4.69, 9.17) is 9.72 Å². The summed E-state index contributed by atoms with van der Waals surface area (Å²) in [6.07, 6.45) is 2.99. The van der Waals surface area contributed by atoms with Crippen molar-refractivity contribution >= 4 is 32.7 Å². The Morgan fingerprint density at radius 2 is 1.89 bits per heavy atom. The molecule has 4 aromatic rings. The first-order chi connectivity index (χ1) is 17.9. The van der Waals surface area contributed by atoms with Crippen LogP contribution in [0.25, 0.3) is 32.4 Å². The molecule has 37 heavy (non-hydrogen) atoms. The van der Waals surface area contributed by atoms with Gasteiger partial charge in [0.15, 0.2) is 0 Å². The molecular formula is C27H28F2N4O3S. The molecule has 194 valence electrons. The zero-order valence-corrected chi connectivity index (χ0v) is 21.2. The summed E-state index contributed by atoms with van der Waals surface area (Å²) in [6.45, 7) is 2.50. The second-order valence-electron chi connectivity index (χ2n) is 9.90. The number of piperidine rings is 1. The topological polar surface area (TPSA) is 80.2 Å². The molecule has 0 radical (unpaired) electrons. The Hall–Kier alpha value is -3.11. The summed E-state index contributed by atoms with van der Waals surface area (Å²) in [4.78, 5) is 35.9. The van der Waals surface area contributed by atoms with Gasteiger partial charge in [0.25, 0.3) is 17.0 Å². The second-order valence-corrected chi connectivity index (χ2v) is 10.9. The van der Waals surface area contributed by atoms with Gasteiger partial charge in [-0.3, -0.25) is 13.5 Å². The smallest absolute Gasteiger partial charge is 0.275 e. The number of nitrogens with zero attached hydrogens (tertiary/aromatic N) is 3. The van der Waals surface area contributed by atoms with Crippen molar-refractivity contribution in [1.82, 2.24) is 18.8 Å². The molecule has 6 rings (SSSR count). The Kier molecular flexibility index (Phi) is 6.32. The van der Waals surface area contributed by atoms with Gasteiger partial charge in [0.05, 0.1) is 22.2 Å². The first kappa shape index (κ1) is 24.2. The van der Waals surface area contributed by atoms with E-state index in [1.807, 2.05) is 18.2 Å². The van der Waals surface area contributed by atoms with Gasteiger partial charge < -0.3 is 14.6 Å². The number of alkyl halides is 2. The van der Waals surface area contributed by atoms with Crippen LogP contribution in [0.2, 0.25) is 0 Å². The molecule has 10 heteroatoms. The number of rotatable bonds is 3. The number of aromatic nitrogens is 3. The second kappa shape index (κ2) is 9.64. The number of halogens is 2. The number of nitrogens with one attached hydrogen (secondary N) is 1. The van der Waals surface area contributed by atoms with Crippen LogP contribution in [0.5, 0.6) is 5.75 Å². The molecule has 2 aliphatic heterocycles. The van der Waals surface area contributed by atoms with E-state index >= 15 is 0 Å². The van der Waals surface area contributed by atoms with E-state index in [0.717, 1.165) is 29.5 Å². The normalized spacial score (nSPS) is 18.3. The summed E-state index contributed by atoms with van der Waals surface area (Å²) in [7, 11) is 0. The van der Waals surface area contributed by atoms with Crippen molar-refractivity contribution in [2.45, 2.75) is 51.0 Å². The molecule has 2 aromatic carbocycles. The van der Waals surface area contributed by atoms with Crippen molar-refractivity contribution in [3.63, 3.8) is 0 Å². The summed E-state index contributed by atoms with van der Waals surface area (Å²) < 4.78 is 36.0. The highest BCUT2D eigenvalue weighted by Gasteiger charge is 2.33. The van der Waals surface area contributed by atoms with Crippen LogP contribution in [-0.4, -0.2) is 51.0 Å². The Balaban J connectivity index is 1.44. The molecule has 2 aliphatic rings. The average molecular weight is 527 g/mol. The predicted molar refractivity (Wildman–Crippen MR) is 141 cm³/mol. The molecule has 0 saturated carbocycles. The predicted octanol–water partition coefficient (Wildman–Crippen LogP) is 4.80. The van der Waals surface area contributed by atoms with Gasteiger partial charge in [-0.15, -0.1) is 0 Å². The van der Waals surface area contributed by atoms with Gasteiger partial charge in [0.2, 0.25) is 0 Å². The summed E-state index contributed by atoms with van der Waals surface area (Å²) in [6, 6.07) is 9.18. The van der Waals surface area contributed by atoms with E-state index in [-0.39, 0.29) is 29.7 Å². The largest absolute Gasteiger partial charge is 0.491 e. The molecule has 4 bridgehead atoms. The van der Waals surface area contributed by atoms with Gasteiger partial charge in [0.1, 0.15) is 17.0 Å². The number of hydrogen-bond acceptors (Lipinski definition) is 6. The molecule has 1 saturated heterocycles. The molecule has 0 aliphatic carbocycles. The van der Waals surface area contributed by atoms with Gasteiger partial charge in [0, 0.05) is 44.6 Å². The van der Waals surface area contributed by atoms with E-state index < -0.39 is 5.92 Å². The number of aromatic amines is 1. The standard InChI is InChI=1S/C27H28F2N4O3S/c28-27(29)10-14-32(15-11-27)13-9-17-7-8-20-22-23(17)36-16-3-1-2-12-33-26(35)19-6-4-5-18(24(19)37-33)21(31-22)25(34)30-20/h4-8H,1-3,9-16H2,(H,30,34). The SMILES string of the molecule is O=c1[nH]c2ccc(CCN3CCC(F)(F)CC3)c3c2nc1-c1cccc2c(=O)n(sc12)CCCCCO3. The fourth-order valence-corrected chi connectivity index (χ4v) is 6.36. The van der Waals surface area contributed by atoms with Crippen LogP contribution < -0.4 is 15.9 Å². The highest BCUT2D eigenvalue weighted by Crippen LogP contribution is 2.33. The van der Waals surface area contributed by atoms with Crippen molar-refractivity contribution in [2.24, 2.45) is 0 Å². The number of H-pyrrole nitrogens is 1. The highest BCUT2D eigenvalue weighted by atomic mass is 32.1. The number of ether oxygens (including phenoxy) is 1. The van der Waals surface area contributed by atoms with Crippen molar-refractivity contribution in [3.05, 3.63) is 56.6 Å². The fourth-order valence-electron chi connectivity index (χ4n) is 5.22. The molecule has 1 N–H and O–H groups in total. The lowest BCUT2D eigenvalue weighted by Gasteiger charge is -2.31. The molecule has 0 spiro atoms. The molecule has 4 heterocycles. The third-order valence-electron chi connectivity index (χ3n) is 7.37. The van der Waals surface area contributed by atoms with Gasteiger partial charge in [-0.25, -0.2) is 13.8 Å². The van der Waals surface area contributed by atoms with E-state index in [1.54, 1.807) is 16.1 Å². The molecule has 7 nitrogen and oxygen atoms in total. The summed E-state index contributed by atoms with van der Waals surface area (Å²) in [5.74, 6) is -1.94. The Morgan fingerprint density at radius 3 is 2.73 bits per heavy atom. The van der Waals surface area contributed by atoms with Crippen LogP contribution in [0.15, 0.2) is 39.9 Å². The van der Waals surface area contributed by atoms with Crippen LogP contribution in [0.1, 0.15) is 37.7 Å². The van der Waals surface area contributed by atoms with E-state index in [2.05, 4.69) is 9.88 Å². The minimum absolute atomic E-state index is 0.0383. The van der Waals surface area contributed by atoms with Crippen molar-refractivity contribution < 1.29 is 13.5 Å². The number of fused-ring (bicyclic) bond motifs is 3. The summed E-state index contributed by atoms with van der Waals surface area (Å²) in [5, 5.41) is 0.594. The monoisotopic (exact) mass is 526 g/mol. The van der Waals surface area contributed by atoms with Crippen molar-refractivity contribution in [2.75, 3.05) is 26.2 Å². The first-order valence-corrected chi connectivity index (χ1v) is 13.6. The minimum atomic E-state index is -2.57. The maximum absolute atomic E-state index is 13.6. The maximum Gasteiger partial charge on any atom is 0.275 e. The van der Waals surface area contributed by atoms with E-state index in [0.29, 0.717) is 66.9 Å². The van der Waals surface area contributed by atoms with Crippen LogP contribution in [0.4, 0.5) is 8.78 Å². The molecule has 0 amide bonds. The van der Waals surface area contributed by atoms with Crippen LogP contribution in [0.3, 0.4) is 0 Å². The third-order valence-corrected chi connectivity index (χ3v) is 8.56. The zero-order chi connectivity index (χ0) is 25.6. The summed E-state index contributed by atoms with van der Waals surface area (Å²) >= 11 is 1.38. The molecule has 2 aromatic heterocycles. The van der Waals surface area contributed by atoms with Crippen LogP contribution >= 0.6 is 11.5 Å². The Labute approximate surface area is 215 Å². The molecule has 0 atom stereocenters. The average Bonchev–Trinajstić information content (AvgIpc) is 3.20. The highest BCUT2D eigenvalue weighted by molar-refractivity contribution is 7.14. The Bertz CT molecular complexity index is 1580. The molecular weight excluding hydrogens is 498 g/mol. The number of likely N-dealkylation sites (tertiary alicyclic amines) is 1. The van der Waals surface area contributed by atoms with Crippen molar-refractivity contribution in [1.29, 1.82) is 0 Å². The fraction of sp³-hybridized carbons (Fsp3) is 0.444. The lowest BCUT2D eigenvalue weighted by Crippen LogP contribution is -2.40. The van der Waals surface area contributed by atoms with Gasteiger partial charge in [-0.1, -0.05) is 29.7 Å². The van der Waals surface area contributed by atoms with E-state index in [9.17, 15) is 18.4 Å². The van der Waals surface area contributed by atoms with E-state index in [1.165, 1.54) is 11.5 Å². The Morgan fingerprint density at radius 1 is 1.05 bits per heavy atom. The molecule has 1 fully saturated rings. The van der Waals surface area contributed by atoms with Crippen LogP contribution in [0, 0.1) is 0 Å². The van der Waals surface area contributed by atoms with Gasteiger partial charge >= 0.3 is 0 Å². The first-order valence-electron chi connectivity index (χ1n) is 12.8. The lowest BCUT2D eigenvalue weighted by molar-refractivity contribution is -0.0548. The number of benzene rings is 2. The van der Waals surface area contributed by atoms with Gasteiger partial charge in [-0.05, 0) is 43.4 Å². The third kappa shape index (κ3) is 4.68. The molecule has 0 unspecified atom stereocenters.